The minimum atomic E-state index is -0.109. The van der Waals surface area contributed by atoms with Crippen LogP contribution in [-0.2, 0) is 5.41 Å². The summed E-state index contributed by atoms with van der Waals surface area (Å²) in [6.45, 7) is 25.7. The van der Waals surface area contributed by atoms with Crippen LogP contribution in [0.4, 0.5) is 0 Å². The summed E-state index contributed by atoms with van der Waals surface area (Å²) in [4.78, 5) is 13.9. The van der Waals surface area contributed by atoms with Gasteiger partial charge in [-0.25, -0.2) is 0 Å². The average Bonchev–Trinajstić information content (AvgIpc) is 2.79. The SMILES string of the molecule is Cc1cc(C(C)(C)C)cc(C)c1C(=O)Pc1c(OCCC(C)C)cc(OCCC(C)C)cc1OCCC(C)C. The average molecular weight is 557 g/mol. The van der Waals surface area contributed by atoms with Crippen molar-refractivity contribution >= 4 is 19.4 Å². The molecule has 0 fully saturated rings. The first kappa shape index (κ1) is 33.1. The highest BCUT2D eigenvalue weighted by Crippen LogP contribution is 2.37. The molecule has 1 atom stereocenters. The van der Waals surface area contributed by atoms with E-state index in [4.69, 9.17) is 14.2 Å². The Morgan fingerprint density at radius 2 is 1.13 bits per heavy atom. The van der Waals surface area contributed by atoms with Crippen molar-refractivity contribution in [3.8, 4) is 17.2 Å². The van der Waals surface area contributed by atoms with E-state index < -0.39 is 0 Å². The molecule has 39 heavy (non-hydrogen) atoms. The third-order valence-electron chi connectivity index (χ3n) is 6.77. The molecule has 0 radical (unpaired) electrons. The van der Waals surface area contributed by atoms with E-state index in [1.807, 2.05) is 26.0 Å². The Morgan fingerprint density at radius 1 is 0.718 bits per heavy atom. The van der Waals surface area contributed by atoms with Crippen LogP contribution in [0.1, 0.15) is 109 Å². The fourth-order valence-electron chi connectivity index (χ4n) is 4.15. The van der Waals surface area contributed by atoms with Gasteiger partial charge in [-0.3, -0.25) is 4.79 Å². The van der Waals surface area contributed by atoms with Crippen LogP contribution in [0.3, 0.4) is 0 Å². The van der Waals surface area contributed by atoms with Crippen molar-refractivity contribution < 1.29 is 19.0 Å². The van der Waals surface area contributed by atoms with Gasteiger partial charge >= 0.3 is 0 Å². The highest BCUT2D eigenvalue weighted by molar-refractivity contribution is 7.66. The Balaban J connectivity index is 2.50. The zero-order valence-corrected chi connectivity index (χ0v) is 27.4. The van der Waals surface area contributed by atoms with Gasteiger partial charge < -0.3 is 14.2 Å². The molecular formula is C34H53O4P. The van der Waals surface area contributed by atoms with E-state index in [0.29, 0.717) is 49.1 Å². The number of carbonyl (C=O) groups is 1. The molecule has 0 bridgehead atoms. The van der Waals surface area contributed by atoms with Crippen LogP contribution in [0, 0.1) is 31.6 Å². The lowest BCUT2D eigenvalue weighted by Crippen LogP contribution is -2.16. The summed E-state index contributed by atoms with van der Waals surface area (Å²) in [7, 11) is -0.109. The minimum Gasteiger partial charge on any atom is -0.493 e. The van der Waals surface area contributed by atoms with E-state index in [1.54, 1.807) is 0 Å². The number of benzene rings is 2. The molecule has 2 aromatic rings. The van der Waals surface area contributed by atoms with E-state index in [9.17, 15) is 4.79 Å². The van der Waals surface area contributed by atoms with Crippen LogP contribution < -0.4 is 19.5 Å². The van der Waals surface area contributed by atoms with Gasteiger partial charge in [0.25, 0.3) is 0 Å². The summed E-state index contributed by atoms with van der Waals surface area (Å²) in [5.74, 6) is 3.74. The molecule has 0 aromatic heterocycles. The van der Waals surface area contributed by atoms with Gasteiger partial charge in [0.2, 0.25) is 0 Å². The van der Waals surface area contributed by atoms with Gasteiger partial charge in [0.15, 0.2) is 5.52 Å². The summed E-state index contributed by atoms with van der Waals surface area (Å²) >= 11 is 0. The predicted octanol–water partition coefficient (Wildman–Crippen LogP) is 9.02. The van der Waals surface area contributed by atoms with Gasteiger partial charge in [0.05, 0.1) is 25.1 Å². The third-order valence-corrected chi connectivity index (χ3v) is 7.99. The summed E-state index contributed by atoms with van der Waals surface area (Å²) in [5, 5.41) is 0.836. The van der Waals surface area contributed by atoms with Crippen molar-refractivity contribution in [1.29, 1.82) is 0 Å². The minimum absolute atomic E-state index is 0.0274. The molecule has 0 heterocycles. The Morgan fingerprint density at radius 3 is 1.51 bits per heavy atom. The van der Waals surface area contributed by atoms with E-state index in [2.05, 4.69) is 74.4 Å². The first-order chi connectivity index (χ1) is 18.2. The van der Waals surface area contributed by atoms with E-state index >= 15 is 0 Å². The third kappa shape index (κ3) is 10.8. The van der Waals surface area contributed by atoms with Crippen molar-refractivity contribution in [2.24, 2.45) is 17.8 Å². The summed E-state index contributed by atoms with van der Waals surface area (Å²) in [6.07, 6.45) is 2.84. The first-order valence-electron chi connectivity index (χ1n) is 14.7. The van der Waals surface area contributed by atoms with Gasteiger partial charge in [0.1, 0.15) is 17.2 Å². The number of hydrogen-bond donors (Lipinski definition) is 0. The molecule has 5 heteroatoms. The highest BCUT2D eigenvalue weighted by atomic mass is 31.1. The molecule has 0 amide bonds. The Bertz CT molecular complexity index is 1020. The van der Waals surface area contributed by atoms with Crippen LogP contribution >= 0.6 is 8.58 Å². The normalized spacial score (nSPS) is 12.3. The maximum Gasteiger partial charge on any atom is 0.186 e. The molecule has 1 unspecified atom stereocenters. The molecule has 2 aromatic carbocycles. The van der Waals surface area contributed by atoms with E-state index in [-0.39, 0.29) is 19.5 Å². The Hall–Kier alpha value is -2.06. The van der Waals surface area contributed by atoms with Gasteiger partial charge in [-0.2, -0.15) is 0 Å². The molecule has 2 rings (SSSR count). The Labute approximate surface area is 240 Å². The van der Waals surface area contributed by atoms with Crippen LogP contribution in [0.25, 0.3) is 0 Å². The largest absolute Gasteiger partial charge is 0.493 e. The number of carbonyl (C=O) groups excluding carboxylic acids is 1. The second-order valence-electron chi connectivity index (χ2n) is 13.1. The van der Waals surface area contributed by atoms with Crippen molar-refractivity contribution in [2.45, 2.75) is 101 Å². The summed E-state index contributed by atoms with van der Waals surface area (Å²) < 4.78 is 18.8. The standard InChI is InChI=1S/C34H53O4P/c1-22(2)12-15-36-28-20-29(37-16-13-23(3)4)32(30(21-28)38-17-14-24(5)6)39-33(35)31-25(7)18-27(19-26(31)8)34(9,10)11/h18-24,39H,12-17H2,1-11H3. The lowest BCUT2D eigenvalue weighted by molar-refractivity contribution is 0.108. The molecule has 0 saturated carbocycles. The van der Waals surface area contributed by atoms with Gasteiger partial charge in [-0.1, -0.05) is 74.4 Å². The second-order valence-corrected chi connectivity index (χ2v) is 14.3. The topological polar surface area (TPSA) is 44.8 Å². The highest BCUT2D eigenvalue weighted by Gasteiger charge is 2.23. The lowest BCUT2D eigenvalue weighted by atomic mass is 9.84. The molecule has 0 saturated heterocycles. The van der Waals surface area contributed by atoms with Crippen molar-refractivity contribution in [3.05, 3.63) is 46.5 Å². The number of ether oxygens (including phenoxy) is 3. The Kier molecular flexibility index (Phi) is 12.8. The van der Waals surface area contributed by atoms with Crippen LogP contribution in [-0.4, -0.2) is 25.3 Å². The number of rotatable bonds is 15. The monoisotopic (exact) mass is 556 g/mol. The summed E-state index contributed by atoms with van der Waals surface area (Å²) in [6, 6.07) is 8.23. The number of hydrogen-bond acceptors (Lipinski definition) is 4. The summed E-state index contributed by atoms with van der Waals surface area (Å²) in [5.41, 5.74) is 4.24. The fourth-order valence-corrected chi connectivity index (χ4v) is 5.43. The fraction of sp³-hybridized carbons (Fsp3) is 0.618. The molecule has 218 valence electrons. The lowest BCUT2D eigenvalue weighted by Gasteiger charge is -2.23. The van der Waals surface area contributed by atoms with Crippen LogP contribution in [0.15, 0.2) is 24.3 Å². The maximum absolute atomic E-state index is 13.9. The quantitative estimate of drug-likeness (QED) is 0.205. The van der Waals surface area contributed by atoms with Gasteiger partial charge in [-0.15, -0.1) is 0 Å². The molecule has 4 nitrogen and oxygen atoms in total. The maximum atomic E-state index is 13.9. The second kappa shape index (κ2) is 15.1. The van der Waals surface area contributed by atoms with Crippen LogP contribution in [0.2, 0.25) is 0 Å². The van der Waals surface area contributed by atoms with E-state index in [1.165, 1.54) is 5.56 Å². The molecule has 0 aliphatic heterocycles. The smallest absolute Gasteiger partial charge is 0.186 e. The van der Waals surface area contributed by atoms with Crippen LogP contribution in [0.5, 0.6) is 17.2 Å². The molecule has 0 spiro atoms. The predicted molar refractivity (Wildman–Crippen MR) is 168 cm³/mol. The molecule has 0 N–H and O–H groups in total. The molecule has 0 aliphatic rings. The number of aryl methyl sites for hydroxylation is 2. The first-order valence-corrected chi connectivity index (χ1v) is 15.7. The van der Waals surface area contributed by atoms with Gasteiger partial charge in [-0.05, 0) is 81.5 Å². The molecule has 0 aliphatic carbocycles. The zero-order chi connectivity index (χ0) is 29.3. The van der Waals surface area contributed by atoms with Gasteiger partial charge in [0, 0.05) is 17.7 Å². The van der Waals surface area contributed by atoms with Crippen molar-refractivity contribution in [3.63, 3.8) is 0 Å². The molecular weight excluding hydrogens is 503 g/mol. The zero-order valence-electron chi connectivity index (χ0n) is 26.4. The van der Waals surface area contributed by atoms with Crippen molar-refractivity contribution in [1.82, 2.24) is 0 Å². The van der Waals surface area contributed by atoms with Crippen molar-refractivity contribution in [2.75, 3.05) is 19.8 Å². The van der Waals surface area contributed by atoms with E-state index in [0.717, 1.165) is 47.0 Å².